The van der Waals surface area contributed by atoms with Crippen LogP contribution in [-0.4, -0.2) is 34.9 Å². The zero-order valence-corrected chi connectivity index (χ0v) is 17.7. The van der Waals surface area contributed by atoms with Gasteiger partial charge in [0, 0.05) is 6.54 Å². The average molecular weight is 477 g/mol. The molecular formula is C22H19F4N5O3. The lowest BCUT2D eigenvalue weighted by atomic mass is 10.1. The predicted octanol–water partition coefficient (Wildman–Crippen LogP) is 3.21. The Morgan fingerprint density at radius 1 is 1.18 bits per heavy atom. The number of nitrogen functional groups attached to an aromatic ring is 1. The van der Waals surface area contributed by atoms with E-state index in [1.807, 2.05) is 0 Å². The van der Waals surface area contributed by atoms with Crippen LogP contribution in [0, 0.1) is 5.82 Å². The second-order valence-corrected chi connectivity index (χ2v) is 7.06. The van der Waals surface area contributed by atoms with Crippen LogP contribution in [0.4, 0.5) is 23.2 Å². The maximum atomic E-state index is 13.5. The van der Waals surface area contributed by atoms with Crippen LogP contribution in [-0.2, 0) is 6.54 Å². The van der Waals surface area contributed by atoms with E-state index in [2.05, 4.69) is 17.0 Å². The number of primary amides is 1. The van der Waals surface area contributed by atoms with Gasteiger partial charge in [0.15, 0.2) is 5.69 Å². The number of carbonyl (C=O) groups is 2. The summed E-state index contributed by atoms with van der Waals surface area (Å²) < 4.78 is 58.7. The number of rotatable bonds is 7. The zero-order chi connectivity index (χ0) is 25.2. The van der Waals surface area contributed by atoms with Crippen LogP contribution < -0.4 is 21.5 Å². The third-order valence-electron chi connectivity index (χ3n) is 4.82. The van der Waals surface area contributed by atoms with Crippen molar-refractivity contribution in [2.45, 2.75) is 12.7 Å². The molecule has 2 amide bonds. The quantitative estimate of drug-likeness (QED) is 0.451. The lowest BCUT2D eigenvalue weighted by molar-refractivity contribution is -0.0688. The minimum absolute atomic E-state index is 0.00894. The summed E-state index contributed by atoms with van der Waals surface area (Å²) in [7, 11) is 1.35. The molecule has 0 saturated carbocycles. The largest absolute Gasteiger partial charge is 0.496 e. The van der Waals surface area contributed by atoms with Gasteiger partial charge in [-0.2, -0.15) is 18.3 Å². The highest BCUT2D eigenvalue weighted by atomic mass is 19.4. The number of benzene rings is 2. The lowest BCUT2D eigenvalue weighted by Crippen LogP contribution is -2.23. The number of ether oxygens (including phenoxy) is 1. The van der Waals surface area contributed by atoms with Crippen molar-refractivity contribution in [1.29, 1.82) is 0 Å². The van der Waals surface area contributed by atoms with E-state index in [1.165, 1.54) is 25.3 Å². The predicted molar refractivity (Wildman–Crippen MR) is 116 cm³/mol. The highest BCUT2D eigenvalue weighted by Gasteiger charge is 2.37. The molecule has 0 aliphatic rings. The standard InChI is InChI=1S/C22H19F4N5O3/c1-11(22(24,25)26)18-17(27)19(20(28)32)31(30-18)14-6-3-12(4-7-14)10-29-21(33)15-9-13(23)5-8-16(15)34-2/h3-9H,1,10,27H2,2H3,(H2,28,32)(H,29,33). The van der Waals surface area contributed by atoms with Crippen molar-refractivity contribution in [2.24, 2.45) is 5.73 Å². The molecule has 8 nitrogen and oxygen atoms in total. The molecule has 178 valence electrons. The summed E-state index contributed by atoms with van der Waals surface area (Å²) in [5.41, 5.74) is 8.80. The van der Waals surface area contributed by atoms with Crippen molar-refractivity contribution in [2.75, 3.05) is 12.8 Å². The Bertz CT molecular complexity index is 1270. The topological polar surface area (TPSA) is 125 Å². The molecule has 0 radical (unpaired) electrons. The van der Waals surface area contributed by atoms with Gasteiger partial charge in [0.1, 0.15) is 17.3 Å². The summed E-state index contributed by atoms with van der Waals surface area (Å²) in [6, 6.07) is 9.50. The molecule has 0 aliphatic heterocycles. The number of halogens is 4. The molecule has 0 bridgehead atoms. The van der Waals surface area contributed by atoms with E-state index in [9.17, 15) is 27.2 Å². The number of allylic oxidation sites excluding steroid dienone is 1. The maximum absolute atomic E-state index is 13.5. The smallest absolute Gasteiger partial charge is 0.418 e. The summed E-state index contributed by atoms with van der Waals surface area (Å²) in [6.07, 6.45) is -4.81. The molecule has 0 fully saturated rings. The van der Waals surface area contributed by atoms with Crippen LogP contribution in [0.1, 0.15) is 32.1 Å². The summed E-state index contributed by atoms with van der Waals surface area (Å²) in [5.74, 6) is -2.06. The summed E-state index contributed by atoms with van der Waals surface area (Å²) in [4.78, 5) is 24.2. The van der Waals surface area contributed by atoms with Gasteiger partial charge in [-0.3, -0.25) is 9.59 Å². The van der Waals surface area contributed by atoms with Crippen molar-refractivity contribution in [3.05, 3.63) is 77.4 Å². The number of nitrogens with one attached hydrogen (secondary N) is 1. The van der Waals surface area contributed by atoms with Gasteiger partial charge in [0.2, 0.25) is 0 Å². The Balaban J connectivity index is 1.84. The van der Waals surface area contributed by atoms with E-state index in [1.54, 1.807) is 12.1 Å². The SMILES string of the molecule is C=C(c1nn(-c2ccc(CNC(=O)c3cc(F)ccc3OC)cc2)c(C(N)=O)c1N)C(F)(F)F. The fraction of sp³-hybridized carbons (Fsp3) is 0.136. The summed E-state index contributed by atoms with van der Waals surface area (Å²) in [5, 5.41) is 6.40. The first-order chi connectivity index (χ1) is 15.9. The van der Waals surface area contributed by atoms with E-state index in [0.717, 1.165) is 16.8 Å². The number of alkyl halides is 3. The van der Waals surface area contributed by atoms with Crippen LogP contribution in [0.15, 0.2) is 49.0 Å². The van der Waals surface area contributed by atoms with Crippen molar-refractivity contribution < 1.29 is 31.9 Å². The minimum Gasteiger partial charge on any atom is -0.496 e. The van der Waals surface area contributed by atoms with Gasteiger partial charge in [-0.1, -0.05) is 18.7 Å². The first-order valence-corrected chi connectivity index (χ1v) is 9.59. The number of carbonyl (C=O) groups excluding carboxylic acids is 2. The average Bonchev–Trinajstić information content (AvgIpc) is 3.13. The van der Waals surface area contributed by atoms with Crippen molar-refractivity contribution in [3.8, 4) is 11.4 Å². The molecule has 1 heterocycles. The Morgan fingerprint density at radius 2 is 1.82 bits per heavy atom. The van der Waals surface area contributed by atoms with E-state index < -0.39 is 46.5 Å². The molecule has 2 aromatic carbocycles. The van der Waals surface area contributed by atoms with Gasteiger partial charge in [0.25, 0.3) is 11.8 Å². The van der Waals surface area contributed by atoms with Crippen molar-refractivity contribution in [1.82, 2.24) is 15.1 Å². The molecule has 1 aromatic heterocycles. The Labute approximate surface area is 190 Å². The van der Waals surface area contributed by atoms with E-state index in [4.69, 9.17) is 16.2 Å². The Hall–Kier alpha value is -4.35. The van der Waals surface area contributed by atoms with Crippen LogP contribution >= 0.6 is 0 Å². The minimum atomic E-state index is -4.81. The lowest BCUT2D eigenvalue weighted by Gasteiger charge is -2.10. The number of hydrogen-bond acceptors (Lipinski definition) is 5. The van der Waals surface area contributed by atoms with Gasteiger partial charge in [0.05, 0.1) is 29.6 Å². The van der Waals surface area contributed by atoms with Gasteiger partial charge in [-0.25, -0.2) is 9.07 Å². The Kier molecular flexibility index (Phi) is 6.61. The molecule has 0 aliphatic carbocycles. The zero-order valence-electron chi connectivity index (χ0n) is 17.7. The van der Waals surface area contributed by atoms with Crippen LogP contribution in [0.2, 0.25) is 0 Å². The number of nitrogens with two attached hydrogens (primary N) is 2. The number of hydrogen-bond donors (Lipinski definition) is 3. The number of anilines is 1. The van der Waals surface area contributed by atoms with Crippen LogP contribution in [0.5, 0.6) is 5.75 Å². The molecule has 3 aromatic rings. The monoisotopic (exact) mass is 477 g/mol. The van der Waals surface area contributed by atoms with E-state index in [0.29, 0.717) is 5.56 Å². The number of amides is 2. The van der Waals surface area contributed by atoms with Crippen molar-refractivity contribution >= 4 is 23.1 Å². The third kappa shape index (κ3) is 4.85. The van der Waals surface area contributed by atoms with Crippen LogP contribution in [0.3, 0.4) is 0 Å². The molecule has 0 atom stereocenters. The maximum Gasteiger partial charge on any atom is 0.418 e. The molecule has 5 N–H and O–H groups in total. The molecule has 0 unspecified atom stereocenters. The number of methoxy groups -OCH3 is 1. The molecule has 0 saturated heterocycles. The van der Waals surface area contributed by atoms with Gasteiger partial charge in [-0.05, 0) is 35.9 Å². The second kappa shape index (κ2) is 9.25. The second-order valence-electron chi connectivity index (χ2n) is 7.06. The van der Waals surface area contributed by atoms with Gasteiger partial charge >= 0.3 is 6.18 Å². The summed E-state index contributed by atoms with van der Waals surface area (Å²) in [6.45, 7) is 3.00. The highest BCUT2D eigenvalue weighted by Crippen LogP contribution is 2.36. The normalized spacial score (nSPS) is 11.2. The molecular weight excluding hydrogens is 458 g/mol. The number of aromatic nitrogens is 2. The van der Waals surface area contributed by atoms with Gasteiger partial charge in [-0.15, -0.1) is 0 Å². The van der Waals surface area contributed by atoms with E-state index in [-0.39, 0.29) is 23.5 Å². The molecule has 12 heteroatoms. The van der Waals surface area contributed by atoms with E-state index >= 15 is 0 Å². The summed E-state index contributed by atoms with van der Waals surface area (Å²) >= 11 is 0. The highest BCUT2D eigenvalue weighted by molar-refractivity contribution is 5.99. The third-order valence-corrected chi connectivity index (χ3v) is 4.82. The van der Waals surface area contributed by atoms with Crippen molar-refractivity contribution in [3.63, 3.8) is 0 Å². The first-order valence-electron chi connectivity index (χ1n) is 9.59. The van der Waals surface area contributed by atoms with Gasteiger partial charge < -0.3 is 21.5 Å². The fourth-order valence-corrected chi connectivity index (χ4v) is 3.10. The molecule has 0 spiro atoms. The Morgan fingerprint density at radius 3 is 2.38 bits per heavy atom. The molecule has 3 rings (SSSR count). The first kappa shape index (κ1) is 24.3. The molecule has 34 heavy (non-hydrogen) atoms. The number of nitrogens with zero attached hydrogens (tertiary/aromatic N) is 2. The fourth-order valence-electron chi connectivity index (χ4n) is 3.10. The van der Waals surface area contributed by atoms with Crippen LogP contribution in [0.25, 0.3) is 11.3 Å².